The first-order valence-corrected chi connectivity index (χ1v) is 12.3. The Bertz CT molecular complexity index is 1240. The molecule has 6 nitrogen and oxygen atoms in total. The van der Waals surface area contributed by atoms with Crippen LogP contribution in [-0.4, -0.2) is 34.8 Å². The van der Waals surface area contributed by atoms with Crippen molar-refractivity contribution in [2.45, 2.75) is 70.3 Å². The summed E-state index contributed by atoms with van der Waals surface area (Å²) in [6.45, 7) is 2.30. The molecule has 15 heteroatoms. The molecular formula is C26H25F9N2O4. The van der Waals surface area contributed by atoms with Crippen molar-refractivity contribution in [2.24, 2.45) is 0 Å². The number of benzene rings is 2. The molecular weight excluding hydrogens is 575 g/mol. The number of nitrogens with zero attached hydrogens (tertiary/aromatic N) is 2. The van der Waals surface area contributed by atoms with E-state index in [2.05, 4.69) is 0 Å². The van der Waals surface area contributed by atoms with Crippen molar-refractivity contribution in [3.05, 3.63) is 64.2 Å². The molecule has 0 aromatic heterocycles. The molecule has 0 radical (unpaired) electrons. The second-order valence-corrected chi connectivity index (χ2v) is 9.39. The summed E-state index contributed by atoms with van der Waals surface area (Å²) in [6, 6.07) is 0.576. The van der Waals surface area contributed by atoms with Gasteiger partial charge < -0.3 is 9.84 Å². The number of ether oxygens (including phenoxy) is 1. The molecule has 226 valence electrons. The van der Waals surface area contributed by atoms with Crippen LogP contribution < -0.4 is 4.90 Å². The zero-order valence-corrected chi connectivity index (χ0v) is 21.6. The second kappa shape index (κ2) is 11.7. The van der Waals surface area contributed by atoms with E-state index in [9.17, 15) is 54.2 Å². The van der Waals surface area contributed by atoms with Crippen molar-refractivity contribution in [1.29, 1.82) is 0 Å². The number of amides is 2. The summed E-state index contributed by atoms with van der Waals surface area (Å²) in [4.78, 5) is 26.8. The number of carbonyl (C=O) groups excluding carboxylic acids is 1. The number of hydrogen-bond acceptors (Lipinski definition) is 3. The van der Waals surface area contributed by atoms with Gasteiger partial charge in [-0.1, -0.05) is 13.8 Å². The van der Waals surface area contributed by atoms with E-state index in [4.69, 9.17) is 4.74 Å². The highest BCUT2D eigenvalue weighted by Gasteiger charge is 2.43. The van der Waals surface area contributed by atoms with Crippen LogP contribution in [0.25, 0.3) is 0 Å². The van der Waals surface area contributed by atoms with Gasteiger partial charge in [-0.3, -0.25) is 9.80 Å². The minimum Gasteiger partial charge on any atom is -0.465 e. The van der Waals surface area contributed by atoms with Crippen LogP contribution in [0.4, 0.5) is 54.8 Å². The Hall–Kier alpha value is -3.65. The van der Waals surface area contributed by atoms with Crippen molar-refractivity contribution in [1.82, 2.24) is 4.90 Å². The number of carboxylic acid groups (broad SMARTS) is 1. The molecule has 2 amide bonds. The van der Waals surface area contributed by atoms with Crippen LogP contribution in [0.15, 0.2) is 36.4 Å². The van der Waals surface area contributed by atoms with E-state index in [1.165, 1.54) is 0 Å². The quantitative estimate of drug-likeness (QED) is 0.338. The van der Waals surface area contributed by atoms with Crippen LogP contribution in [0.5, 0.6) is 0 Å². The van der Waals surface area contributed by atoms with Crippen LogP contribution in [0.3, 0.4) is 0 Å². The van der Waals surface area contributed by atoms with Gasteiger partial charge >= 0.3 is 30.7 Å². The number of hydrogen-bond donors (Lipinski definition) is 1. The lowest BCUT2D eigenvalue weighted by atomic mass is 9.87. The van der Waals surface area contributed by atoms with E-state index < -0.39 is 71.6 Å². The lowest BCUT2D eigenvalue weighted by Crippen LogP contribution is -2.48. The molecule has 0 saturated heterocycles. The van der Waals surface area contributed by atoms with Gasteiger partial charge in [0.25, 0.3) is 0 Å². The number of fused-ring (bicyclic) bond motifs is 1. The van der Waals surface area contributed by atoms with Crippen molar-refractivity contribution >= 4 is 17.9 Å². The summed E-state index contributed by atoms with van der Waals surface area (Å²) in [5, 5.41) is 10.0. The molecule has 0 unspecified atom stereocenters. The molecule has 1 heterocycles. The van der Waals surface area contributed by atoms with E-state index in [0.717, 1.165) is 11.0 Å². The van der Waals surface area contributed by atoms with E-state index in [-0.39, 0.29) is 36.8 Å². The molecule has 1 aliphatic heterocycles. The van der Waals surface area contributed by atoms with Crippen LogP contribution in [0.1, 0.15) is 67.0 Å². The monoisotopic (exact) mass is 600 g/mol. The van der Waals surface area contributed by atoms with Gasteiger partial charge in [0.15, 0.2) is 0 Å². The molecule has 0 spiro atoms. The first kappa shape index (κ1) is 31.9. The average Bonchev–Trinajstić information content (AvgIpc) is 2.87. The normalized spacial score (nSPS) is 17.7. The fraction of sp³-hybridized carbons (Fsp3) is 0.462. The van der Waals surface area contributed by atoms with Gasteiger partial charge in [-0.25, -0.2) is 9.59 Å². The largest absolute Gasteiger partial charge is 0.465 e. The minimum absolute atomic E-state index is 0.0104. The Morgan fingerprint density at radius 3 is 1.93 bits per heavy atom. The van der Waals surface area contributed by atoms with Crippen LogP contribution in [0, 0.1) is 0 Å². The third kappa shape index (κ3) is 7.17. The lowest BCUT2D eigenvalue weighted by molar-refractivity contribution is -0.143. The number of carbonyl (C=O) groups is 2. The van der Waals surface area contributed by atoms with Crippen molar-refractivity contribution in [2.75, 3.05) is 11.5 Å². The number of anilines is 1. The number of halogens is 9. The highest BCUT2D eigenvalue weighted by atomic mass is 19.4. The average molecular weight is 600 g/mol. The Morgan fingerprint density at radius 1 is 0.902 bits per heavy atom. The van der Waals surface area contributed by atoms with Gasteiger partial charge in [0.1, 0.15) is 0 Å². The Kier molecular flexibility index (Phi) is 9.08. The standard InChI is InChI=1S/C26H25F9N2O4/c1-3-7-41-23(40)37-18(4-2)12-21(19-11-15(24(27,28)29)5-6-20(19)37)36(22(38)39)13-14-8-16(25(30,31)32)10-17(9-14)26(33,34)35/h5-6,8-11,18,21H,3-4,7,12-13H2,1-2H3,(H,38,39)/t18-,21+/m1/s1. The van der Waals surface area contributed by atoms with Crippen molar-refractivity contribution in [3.8, 4) is 0 Å². The van der Waals surface area contributed by atoms with E-state index in [0.29, 0.717) is 35.6 Å². The lowest BCUT2D eigenvalue weighted by Gasteiger charge is -2.43. The zero-order chi connectivity index (χ0) is 30.9. The third-order valence-corrected chi connectivity index (χ3v) is 6.55. The number of alkyl halides is 9. The molecule has 0 bridgehead atoms. The van der Waals surface area contributed by atoms with Crippen molar-refractivity contribution < 1.29 is 58.9 Å². The molecule has 41 heavy (non-hydrogen) atoms. The van der Waals surface area contributed by atoms with E-state index >= 15 is 0 Å². The molecule has 0 aliphatic carbocycles. The topological polar surface area (TPSA) is 70.1 Å². The summed E-state index contributed by atoms with van der Waals surface area (Å²) < 4.78 is 126. The van der Waals surface area contributed by atoms with Gasteiger partial charge in [-0.15, -0.1) is 0 Å². The molecule has 3 rings (SSSR count). The number of rotatable bonds is 6. The SMILES string of the molecule is CCCOC(=O)N1c2ccc(C(F)(F)F)cc2[C@@H](N(Cc2cc(C(F)(F)F)cc(C(F)(F)F)c2)C(=O)O)C[C@H]1CC. The Morgan fingerprint density at radius 2 is 1.46 bits per heavy atom. The van der Waals surface area contributed by atoms with Crippen LogP contribution >= 0.6 is 0 Å². The Labute approximate surface area is 228 Å². The first-order valence-electron chi connectivity index (χ1n) is 12.3. The van der Waals surface area contributed by atoms with Gasteiger partial charge in [-0.05, 0) is 66.8 Å². The maximum Gasteiger partial charge on any atom is 0.416 e. The Balaban J connectivity index is 2.18. The second-order valence-electron chi connectivity index (χ2n) is 9.39. The predicted molar refractivity (Wildman–Crippen MR) is 127 cm³/mol. The maximum absolute atomic E-state index is 13.6. The predicted octanol–water partition coefficient (Wildman–Crippen LogP) is 8.50. The van der Waals surface area contributed by atoms with Gasteiger partial charge in [0.05, 0.1) is 35.0 Å². The van der Waals surface area contributed by atoms with Gasteiger partial charge in [0.2, 0.25) is 0 Å². The van der Waals surface area contributed by atoms with E-state index in [1.807, 2.05) is 0 Å². The summed E-state index contributed by atoms with van der Waals surface area (Å²) in [6.07, 6.45) is -17.7. The van der Waals surface area contributed by atoms with Crippen LogP contribution in [0.2, 0.25) is 0 Å². The molecule has 1 N–H and O–H groups in total. The minimum atomic E-state index is -5.20. The first-order chi connectivity index (χ1) is 18.9. The van der Waals surface area contributed by atoms with Crippen LogP contribution in [-0.2, 0) is 29.8 Å². The molecule has 1 aliphatic rings. The fourth-order valence-electron chi connectivity index (χ4n) is 4.67. The summed E-state index contributed by atoms with van der Waals surface area (Å²) in [7, 11) is 0. The maximum atomic E-state index is 13.6. The summed E-state index contributed by atoms with van der Waals surface area (Å²) in [5.74, 6) is 0. The molecule has 0 saturated carbocycles. The zero-order valence-electron chi connectivity index (χ0n) is 21.6. The fourth-order valence-corrected chi connectivity index (χ4v) is 4.67. The van der Waals surface area contributed by atoms with Gasteiger partial charge in [0, 0.05) is 12.6 Å². The molecule has 0 fully saturated rings. The summed E-state index contributed by atoms with van der Waals surface area (Å²) in [5.41, 5.74) is -5.64. The molecule has 2 atom stereocenters. The smallest absolute Gasteiger partial charge is 0.416 e. The third-order valence-electron chi connectivity index (χ3n) is 6.55. The summed E-state index contributed by atoms with van der Waals surface area (Å²) >= 11 is 0. The molecule has 2 aromatic rings. The van der Waals surface area contributed by atoms with Gasteiger partial charge in [-0.2, -0.15) is 39.5 Å². The highest BCUT2D eigenvalue weighted by molar-refractivity contribution is 5.90. The molecule has 2 aromatic carbocycles. The highest BCUT2D eigenvalue weighted by Crippen LogP contribution is 2.45. The van der Waals surface area contributed by atoms with Crippen molar-refractivity contribution in [3.63, 3.8) is 0 Å². The van der Waals surface area contributed by atoms with E-state index in [1.54, 1.807) is 13.8 Å².